The number of hydrogen-bond donors (Lipinski definition) is 2. The normalized spacial score (nSPS) is 15.6. The molecule has 0 saturated heterocycles. The molecule has 0 amide bonds. The predicted octanol–water partition coefficient (Wildman–Crippen LogP) is 1.04. The molecule has 5 heteroatoms. The van der Waals surface area contributed by atoms with Gasteiger partial charge in [0.15, 0.2) is 5.82 Å². The van der Waals surface area contributed by atoms with Gasteiger partial charge in [-0.15, -0.1) is 0 Å². The van der Waals surface area contributed by atoms with Crippen molar-refractivity contribution in [1.82, 2.24) is 10.1 Å². The van der Waals surface area contributed by atoms with Crippen LogP contribution in [0.25, 0.3) is 0 Å². The molecule has 1 rings (SSSR count). The molecule has 0 fully saturated rings. The Morgan fingerprint density at radius 2 is 2.07 bits per heavy atom. The first kappa shape index (κ1) is 12.1. The van der Waals surface area contributed by atoms with Crippen molar-refractivity contribution in [2.45, 2.75) is 45.8 Å². The number of hydrogen-bond acceptors (Lipinski definition) is 5. The summed E-state index contributed by atoms with van der Waals surface area (Å²) in [5, 5.41) is 13.1. The monoisotopic (exact) mass is 213 g/mol. The molecule has 0 aliphatic heterocycles. The van der Waals surface area contributed by atoms with Crippen molar-refractivity contribution < 1.29 is 9.63 Å². The van der Waals surface area contributed by atoms with Gasteiger partial charge >= 0.3 is 0 Å². The largest absolute Gasteiger partial charge is 0.391 e. The van der Waals surface area contributed by atoms with Crippen LogP contribution in [-0.4, -0.2) is 21.4 Å². The summed E-state index contributed by atoms with van der Waals surface area (Å²) in [4.78, 5) is 4.14. The summed E-state index contributed by atoms with van der Waals surface area (Å²) in [6, 6.07) is -0.592. The lowest BCUT2D eigenvalue weighted by molar-refractivity contribution is 0.146. The van der Waals surface area contributed by atoms with Crippen molar-refractivity contribution in [3.05, 3.63) is 11.7 Å². The average Bonchev–Trinajstić information content (AvgIpc) is 2.61. The summed E-state index contributed by atoms with van der Waals surface area (Å²) >= 11 is 0. The summed E-state index contributed by atoms with van der Waals surface area (Å²) < 4.78 is 4.97. The van der Waals surface area contributed by atoms with E-state index >= 15 is 0 Å². The highest BCUT2D eigenvalue weighted by Crippen LogP contribution is 2.13. The van der Waals surface area contributed by atoms with Gasteiger partial charge in [0.05, 0.1) is 6.10 Å². The summed E-state index contributed by atoms with van der Waals surface area (Å²) in [5.74, 6) is 1.58. The average molecular weight is 213 g/mol. The van der Waals surface area contributed by atoms with Crippen molar-refractivity contribution in [3.63, 3.8) is 0 Å². The Morgan fingerprint density at radius 1 is 1.40 bits per heavy atom. The molecular formula is C10H19N3O2. The van der Waals surface area contributed by atoms with E-state index in [4.69, 9.17) is 10.3 Å². The Hall–Kier alpha value is -0.940. The van der Waals surface area contributed by atoms with Gasteiger partial charge in [-0.1, -0.05) is 19.0 Å². The van der Waals surface area contributed by atoms with Crippen LogP contribution < -0.4 is 5.73 Å². The van der Waals surface area contributed by atoms with Gasteiger partial charge in [-0.2, -0.15) is 4.98 Å². The van der Waals surface area contributed by atoms with Gasteiger partial charge in [-0.3, -0.25) is 0 Å². The minimum Gasteiger partial charge on any atom is -0.391 e. The van der Waals surface area contributed by atoms with Gasteiger partial charge in [-0.25, -0.2) is 0 Å². The Bertz CT molecular complexity index is 297. The van der Waals surface area contributed by atoms with Crippen LogP contribution in [0, 0.1) is 5.92 Å². The van der Waals surface area contributed by atoms with Crippen LogP contribution in [-0.2, 0) is 6.42 Å². The highest BCUT2D eigenvalue weighted by molar-refractivity contribution is 4.93. The smallest absolute Gasteiger partial charge is 0.246 e. The maximum atomic E-state index is 9.25. The number of aliphatic hydroxyl groups excluding tert-OH is 1. The molecule has 0 saturated carbocycles. The molecule has 0 bridgehead atoms. The second kappa shape index (κ2) is 5.23. The molecule has 0 radical (unpaired) electrons. The minimum absolute atomic E-state index is 0.309. The fraction of sp³-hybridized carbons (Fsp3) is 0.800. The number of aryl methyl sites for hydroxylation is 1. The van der Waals surface area contributed by atoms with Crippen LogP contribution in [0.3, 0.4) is 0 Å². The molecule has 0 aromatic carbocycles. The van der Waals surface area contributed by atoms with Crippen molar-refractivity contribution in [1.29, 1.82) is 0 Å². The molecular weight excluding hydrogens is 194 g/mol. The van der Waals surface area contributed by atoms with Gasteiger partial charge in [-0.05, 0) is 19.3 Å². The van der Waals surface area contributed by atoms with E-state index < -0.39 is 12.1 Å². The second-order valence-electron chi connectivity index (χ2n) is 4.25. The fourth-order valence-corrected chi connectivity index (χ4v) is 1.13. The van der Waals surface area contributed by atoms with Gasteiger partial charge in [0, 0.05) is 6.42 Å². The van der Waals surface area contributed by atoms with Gasteiger partial charge in [0.2, 0.25) is 5.89 Å². The molecule has 86 valence electrons. The van der Waals surface area contributed by atoms with Crippen LogP contribution in [0.5, 0.6) is 0 Å². The van der Waals surface area contributed by atoms with Gasteiger partial charge in [0.25, 0.3) is 0 Å². The summed E-state index contributed by atoms with van der Waals surface area (Å²) in [6.45, 7) is 5.88. The SMILES string of the molecule is CC(C)CCc1noc([C@@H](N)[C@@H](C)O)n1. The van der Waals surface area contributed by atoms with E-state index in [9.17, 15) is 5.11 Å². The molecule has 0 aliphatic carbocycles. The maximum Gasteiger partial charge on any atom is 0.246 e. The second-order valence-corrected chi connectivity index (χ2v) is 4.25. The van der Waals surface area contributed by atoms with E-state index in [1.165, 1.54) is 0 Å². The molecule has 1 aromatic heterocycles. The lowest BCUT2D eigenvalue weighted by Gasteiger charge is -2.08. The lowest BCUT2D eigenvalue weighted by Crippen LogP contribution is -2.23. The van der Waals surface area contributed by atoms with Crippen LogP contribution in [0.4, 0.5) is 0 Å². The number of nitrogens with zero attached hydrogens (tertiary/aromatic N) is 2. The van der Waals surface area contributed by atoms with Crippen LogP contribution in [0.1, 0.15) is 44.9 Å². The Morgan fingerprint density at radius 3 is 2.60 bits per heavy atom. The Labute approximate surface area is 89.7 Å². The van der Waals surface area contributed by atoms with Crippen LogP contribution in [0.15, 0.2) is 4.52 Å². The molecule has 2 atom stereocenters. The number of rotatable bonds is 5. The maximum absolute atomic E-state index is 9.25. The third-order valence-electron chi connectivity index (χ3n) is 2.23. The van der Waals surface area contributed by atoms with E-state index in [0.717, 1.165) is 12.8 Å². The lowest BCUT2D eigenvalue weighted by atomic mass is 10.1. The zero-order chi connectivity index (χ0) is 11.4. The molecule has 1 aromatic rings. The van der Waals surface area contributed by atoms with Crippen molar-refractivity contribution in [2.75, 3.05) is 0 Å². The van der Waals surface area contributed by atoms with Gasteiger partial charge in [0.1, 0.15) is 6.04 Å². The van der Waals surface area contributed by atoms with E-state index in [0.29, 0.717) is 17.6 Å². The molecule has 5 nitrogen and oxygen atoms in total. The summed E-state index contributed by atoms with van der Waals surface area (Å²) in [6.07, 6.45) is 1.12. The number of aromatic nitrogens is 2. The van der Waals surface area contributed by atoms with E-state index in [-0.39, 0.29) is 0 Å². The number of aliphatic hydroxyl groups is 1. The Kier molecular flexibility index (Phi) is 4.23. The number of nitrogens with two attached hydrogens (primary N) is 1. The minimum atomic E-state index is -0.677. The predicted molar refractivity (Wildman–Crippen MR) is 56.1 cm³/mol. The zero-order valence-corrected chi connectivity index (χ0v) is 9.47. The van der Waals surface area contributed by atoms with Crippen molar-refractivity contribution in [2.24, 2.45) is 11.7 Å². The highest BCUT2D eigenvalue weighted by atomic mass is 16.5. The molecule has 15 heavy (non-hydrogen) atoms. The van der Waals surface area contributed by atoms with E-state index in [1.807, 2.05) is 0 Å². The van der Waals surface area contributed by atoms with E-state index in [2.05, 4.69) is 24.0 Å². The first-order chi connectivity index (χ1) is 7.00. The highest BCUT2D eigenvalue weighted by Gasteiger charge is 2.19. The summed E-state index contributed by atoms with van der Waals surface area (Å²) in [7, 11) is 0. The molecule has 0 spiro atoms. The molecule has 0 unspecified atom stereocenters. The van der Waals surface area contributed by atoms with Crippen molar-refractivity contribution >= 4 is 0 Å². The van der Waals surface area contributed by atoms with E-state index in [1.54, 1.807) is 6.92 Å². The van der Waals surface area contributed by atoms with Crippen LogP contribution in [0.2, 0.25) is 0 Å². The quantitative estimate of drug-likeness (QED) is 0.763. The molecule has 1 heterocycles. The first-order valence-corrected chi connectivity index (χ1v) is 5.26. The summed E-state index contributed by atoms with van der Waals surface area (Å²) in [5.41, 5.74) is 5.66. The third kappa shape index (κ3) is 3.60. The first-order valence-electron chi connectivity index (χ1n) is 5.26. The molecule has 3 N–H and O–H groups in total. The Balaban J connectivity index is 2.56. The topological polar surface area (TPSA) is 85.2 Å². The molecule has 0 aliphatic rings. The standard InChI is InChI=1S/C10H19N3O2/c1-6(2)4-5-8-12-10(15-13-8)9(11)7(3)14/h6-7,9,14H,4-5,11H2,1-3H3/t7-,9+/m1/s1. The van der Waals surface area contributed by atoms with Crippen molar-refractivity contribution in [3.8, 4) is 0 Å². The third-order valence-corrected chi connectivity index (χ3v) is 2.23. The fourth-order valence-electron chi connectivity index (χ4n) is 1.13. The van der Waals surface area contributed by atoms with Gasteiger partial charge < -0.3 is 15.4 Å². The zero-order valence-electron chi connectivity index (χ0n) is 9.47. The van der Waals surface area contributed by atoms with Crippen LogP contribution >= 0.6 is 0 Å².